The molecular formula is C16H19ClO4. The average molecular weight is 311 g/mol. The molecule has 0 aromatic heterocycles. The summed E-state index contributed by atoms with van der Waals surface area (Å²) in [6, 6.07) is 7.04. The first-order chi connectivity index (χ1) is 10.2. The predicted molar refractivity (Wildman–Crippen MR) is 78.8 cm³/mol. The van der Waals surface area contributed by atoms with Crippen LogP contribution < -0.4 is 4.74 Å². The molecule has 2 aliphatic rings. The third-order valence-electron chi connectivity index (χ3n) is 4.21. The van der Waals surface area contributed by atoms with Gasteiger partial charge in [-0.15, -0.1) is 0 Å². The van der Waals surface area contributed by atoms with Crippen molar-refractivity contribution < 1.29 is 19.0 Å². The van der Waals surface area contributed by atoms with Crippen molar-refractivity contribution in [3.8, 4) is 5.75 Å². The van der Waals surface area contributed by atoms with Crippen molar-refractivity contribution in [3.05, 3.63) is 29.3 Å². The van der Waals surface area contributed by atoms with Gasteiger partial charge in [0.2, 0.25) is 0 Å². The van der Waals surface area contributed by atoms with Crippen molar-refractivity contribution >= 4 is 17.4 Å². The largest absolute Gasteiger partial charge is 0.486 e. The molecule has 114 valence electrons. The van der Waals surface area contributed by atoms with Crippen molar-refractivity contribution in [2.45, 2.75) is 24.9 Å². The molecule has 4 nitrogen and oxygen atoms in total. The first-order valence-electron chi connectivity index (χ1n) is 7.30. The summed E-state index contributed by atoms with van der Waals surface area (Å²) in [6.45, 7) is 2.06. The van der Waals surface area contributed by atoms with E-state index >= 15 is 0 Å². The van der Waals surface area contributed by atoms with E-state index in [0.29, 0.717) is 24.0 Å². The highest BCUT2D eigenvalue weighted by Gasteiger charge is 2.42. The van der Waals surface area contributed by atoms with E-state index in [9.17, 15) is 4.79 Å². The Kier molecular flexibility index (Phi) is 4.48. The van der Waals surface area contributed by atoms with E-state index in [1.165, 1.54) is 0 Å². The summed E-state index contributed by atoms with van der Waals surface area (Å²) in [4.78, 5) is 12.3. The minimum Gasteiger partial charge on any atom is -0.486 e. The zero-order valence-electron chi connectivity index (χ0n) is 11.8. The lowest BCUT2D eigenvalue weighted by molar-refractivity contribution is -0.138. The van der Waals surface area contributed by atoms with Crippen molar-refractivity contribution in [1.29, 1.82) is 0 Å². The van der Waals surface area contributed by atoms with Crippen LogP contribution in [0.2, 0.25) is 5.02 Å². The normalized spacial score (nSPS) is 28.7. The average Bonchev–Trinajstić information content (AvgIpc) is 2.94. The van der Waals surface area contributed by atoms with Crippen LogP contribution in [-0.2, 0) is 14.3 Å². The highest BCUT2D eigenvalue weighted by atomic mass is 35.5. The molecule has 1 aromatic rings. The zero-order valence-corrected chi connectivity index (χ0v) is 12.6. The van der Waals surface area contributed by atoms with E-state index < -0.39 is 0 Å². The van der Waals surface area contributed by atoms with Gasteiger partial charge in [-0.25, -0.2) is 0 Å². The molecule has 5 heteroatoms. The van der Waals surface area contributed by atoms with Crippen molar-refractivity contribution in [1.82, 2.24) is 0 Å². The third-order valence-corrected chi connectivity index (χ3v) is 4.46. The molecule has 2 heterocycles. The Morgan fingerprint density at radius 3 is 2.86 bits per heavy atom. The molecule has 0 N–H and O–H groups in total. The molecule has 2 aliphatic heterocycles. The summed E-state index contributed by atoms with van der Waals surface area (Å²) in [5.41, 5.74) is -0.237. The van der Waals surface area contributed by atoms with Crippen LogP contribution in [0.3, 0.4) is 0 Å². The Morgan fingerprint density at radius 1 is 1.33 bits per heavy atom. The summed E-state index contributed by atoms with van der Waals surface area (Å²) in [5.74, 6) is 0.811. The maximum Gasteiger partial charge on any atom is 0.173 e. The fourth-order valence-corrected chi connectivity index (χ4v) is 3.10. The molecule has 0 amide bonds. The number of rotatable bonds is 4. The predicted octanol–water partition coefficient (Wildman–Crippen LogP) is 2.87. The van der Waals surface area contributed by atoms with Crippen LogP contribution in [0, 0.1) is 5.92 Å². The van der Waals surface area contributed by atoms with Gasteiger partial charge in [0, 0.05) is 30.6 Å². The maximum absolute atomic E-state index is 12.3. The number of benzene rings is 1. The highest BCUT2D eigenvalue weighted by Crippen LogP contribution is 2.36. The number of hydrogen-bond donors (Lipinski definition) is 0. The van der Waals surface area contributed by atoms with Gasteiger partial charge in [-0.1, -0.05) is 11.6 Å². The third kappa shape index (κ3) is 3.57. The van der Waals surface area contributed by atoms with E-state index in [1.807, 2.05) is 0 Å². The van der Waals surface area contributed by atoms with Crippen LogP contribution in [0.15, 0.2) is 24.3 Å². The molecule has 0 saturated carbocycles. The van der Waals surface area contributed by atoms with Crippen molar-refractivity contribution in [3.63, 3.8) is 0 Å². The van der Waals surface area contributed by atoms with Crippen LogP contribution in [-0.4, -0.2) is 37.8 Å². The second-order valence-electron chi connectivity index (χ2n) is 5.73. The van der Waals surface area contributed by atoms with Crippen LogP contribution in [0.25, 0.3) is 0 Å². The summed E-state index contributed by atoms with van der Waals surface area (Å²) < 4.78 is 16.8. The van der Waals surface area contributed by atoms with Gasteiger partial charge >= 0.3 is 0 Å². The lowest BCUT2D eigenvalue weighted by Crippen LogP contribution is -2.43. The summed E-state index contributed by atoms with van der Waals surface area (Å²) in [6.07, 6.45) is 2.40. The standard InChI is InChI=1S/C16H19ClO4/c17-13-1-3-14(4-2-13)20-10-15(18)12-5-7-21-16(9-12)6-8-19-11-16/h1-4,12H,5-11H2. The molecule has 2 unspecified atom stereocenters. The number of carbonyl (C=O) groups is 1. The minimum atomic E-state index is -0.237. The van der Waals surface area contributed by atoms with Gasteiger partial charge in [0.05, 0.1) is 12.2 Å². The van der Waals surface area contributed by atoms with Gasteiger partial charge in [0.25, 0.3) is 0 Å². The van der Waals surface area contributed by atoms with Gasteiger partial charge in [-0.3, -0.25) is 4.79 Å². The van der Waals surface area contributed by atoms with E-state index in [0.717, 1.165) is 25.9 Å². The van der Waals surface area contributed by atoms with Crippen molar-refractivity contribution in [2.24, 2.45) is 5.92 Å². The molecule has 2 atom stereocenters. The summed E-state index contributed by atoms with van der Waals surface area (Å²) in [7, 11) is 0. The zero-order chi connectivity index (χ0) is 14.7. The lowest BCUT2D eigenvalue weighted by Gasteiger charge is -2.36. The Balaban J connectivity index is 1.54. The number of halogens is 1. The molecule has 0 bridgehead atoms. The summed E-state index contributed by atoms with van der Waals surface area (Å²) in [5, 5.41) is 0.654. The van der Waals surface area contributed by atoms with E-state index in [4.69, 9.17) is 25.8 Å². The first-order valence-corrected chi connectivity index (χ1v) is 7.67. The fourth-order valence-electron chi connectivity index (χ4n) is 2.97. The summed E-state index contributed by atoms with van der Waals surface area (Å²) >= 11 is 5.82. The smallest absolute Gasteiger partial charge is 0.173 e. The number of hydrogen-bond acceptors (Lipinski definition) is 4. The van der Waals surface area contributed by atoms with Crippen LogP contribution >= 0.6 is 11.6 Å². The van der Waals surface area contributed by atoms with E-state index in [2.05, 4.69) is 0 Å². The van der Waals surface area contributed by atoms with Crippen molar-refractivity contribution in [2.75, 3.05) is 26.4 Å². The van der Waals surface area contributed by atoms with Crippen LogP contribution in [0.4, 0.5) is 0 Å². The topological polar surface area (TPSA) is 44.8 Å². The molecule has 0 radical (unpaired) electrons. The van der Waals surface area contributed by atoms with Gasteiger partial charge in [-0.05, 0) is 37.1 Å². The molecule has 1 aromatic carbocycles. The fraction of sp³-hybridized carbons (Fsp3) is 0.562. The van der Waals surface area contributed by atoms with Gasteiger partial charge in [0.15, 0.2) is 5.78 Å². The van der Waals surface area contributed by atoms with Gasteiger partial charge < -0.3 is 14.2 Å². The molecule has 2 fully saturated rings. The minimum absolute atomic E-state index is 0.00718. The molecule has 21 heavy (non-hydrogen) atoms. The monoisotopic (exact) mass is 310 g/mol. The molecular weight excluding hydrogens is 292 g/mol. The second kappa shape index (κ2) is 6.34. The Hall–Kier alpha value is -1.10. The van der Waals surface area contributed by atoms with E-state index in [-0.39, 0.29) is 23.9 Å². The second-order valence-corrected chi connectivity index (χ2v) is 6.17. The van der Waals surface area contributed by atoms with Gasteiger partial charge in [0.1, 0.15) is 12.4 Å². The van der Waals surface area contributed by atoms with Gasteiger partial charge in [-0.2, -0.15) is 0 Å². The Labute approximate surface area is 129 Å². The quantitative estimate of drug-likeness (QED) is 0.858. The number of ketones is 1. The Bertz CT molecular complexity index is 494. The van der Waals surface area contributed by atoms with Crippen LogP contribution in [0.5, 0.6) is 5.75 Å². The molecule has 1 spiro atoms. The highest BCUT2D eigenvalue weighted by molar-refractivity contribution is 6.30. The SMILES string of the molecule is O=C(COc1ccc(Cl)cc1)C1CCOC2(CCOC2)C1. The lowest BCUT2D eigenvalue weighted by atomic mass is 9.83. The van der Waals surface area contributed by atoms with E-state index in [1.54, 1.807) is 24.3 Å². The first kappa shape index (κ1) is 14.8. The molecule has 2 saturated heterocycles. The number of carbonyl (C=O) groups excluding carboxylic acids is 1. The number of Topliss-reactive ketones (excluding diaryl/α,β-unsaturated/α-hetero) is 1. The number of ether oxygens (including phenoxy) is 3. The molecule has 0 aliphatic carbocycles. The molecule has 3 rings (SSSR count). The Morgan fingerprint density at radius 2 is 2.14 bits per heavy atom. The maximum atomic E-state index is 12.3. The van der Waals surface area contributed by atoms with Crippen LogP contribution in [0.1, 0.15) is 19.3 Å².